The summed E-state index contributed by atoms with van der Waals surface area (Å²) in [6.07, 6.45) is -0.633. The average molecular weight is 345 g/mol. The predicted molar refractivity (Wildman–Crippen MR) is 91.9 cm³/mol. The van der Waals surface area contributed by atoms with Crippen LogP contribution in [-0.2, 0) is 0 Å². The Balaban J connectivity index is 1.99. The van der Waals surface area contributed by atoms with Gasteiger partial charge in [0.25, 0.3) is 5.56 Å². The van der Waals surface area contributed by atoms with Crippen LogP contribution < -0.4 is 10.3 Å². The number of aromatic amines is 1. The number of para-hydroxylation sites is 2. The zero-order valence-corrected chi connectivity index (χ0v) is 14.1. The molecule has 1 N–H and O–H groups in total. The third-order valence-corrected chi connectivity index (χ3v) is 4.91. The van der Waals surface area contributed by atoms with Gasteiger partial charge in [0.05, 0.1) is 10.3 Å². The molecule has 0 radical (unpaired) electrons. The molecule has 3 rings (SSSR count). The number of benzene rings is 1. The van der Waals surface area contributed by atoms with Crippen LogP contribution in [0.1, 0.15) is 29.3 Å². The van der Waals surface area contributed by atoms with Gasteiger partial charge in [-0.2, -0.15) is 0 Å². The van der Waals surface area contributed by atoms with Gasteiger partial charge in [0.15, 0.2) is 17.7 Å². The summed E-state index contributed by atoms with van der Waals surface area (Å²) < 4.78 is 5.66. The van der Waals surface area contributed by atoms with Crippen LogP contribution in [0.15, 0.2) is 29.1 Å². The lowest BCUT2D eigenvalue weighted by Gasteiger charge is -2.13. The van der Waals surface area contributed by atoms with E-state index in [9.17, 15) is 14.9 Å². The largest absolute Gasteiger partial charge is 0.476 e. The van der Waals surface area contributed by atoms with E-state index in [4.69, 9.17) is 4.74 Å². The zero-order chi connectivity index (χ0) is 17.4. The Morgan fingerprint density at radius 2 is 2.04 bits per heavy atom. The van der Waals surface area contributed by atoms with E-state index in [1.807, 2.05) is 13.8 Å². The highest BCUT2D eigenvalue weighted by atomic mass is 32.1. The standard InChI is InChI=1S/C16H15N3O4S/c1-8-10(3)24-16-13(8)15(20)17-14(18-16)9(2)23-12-7-5-4-6-11(12)19(21)22/h4-7,9H,1-3H3,(H,17,18,20)/t9-/m0/s1. The SMILES string of the molecule is Cc1sc2nc([C@H](C)Oc3ccccc3[N+](=O)[O-])[nH]c(=O)c2c1C. The van der Waals surface area contributed by atoms with E-state index in [2.05, 4.69) is 9.97 Å². The van der Waals surface area contributed by atoms with Crippen LogP contribution in [0.3, 0.4) is 0 Å². The van der Waals surface area contributed by atoms with E-state index < -0.39 is 11.0 Å². The molecular formula is C16H15N3O4S. The van der Waals surface area contributed by atoms with Crippen LogP contribution in [0.5, 0.6) is 5.75 Å². The first-order chi connectivity index (χ1) is 11.4. The highest BCUT2D eigenvalue weighted by Crippen LogP contribution is 2.31. The first-order valence-electron chi connectivity index (χ1n) is 7.28. The number of H-pyrrole nitrogens is 1. The van der Waals surface area contributed by atoms with Crippen molar-refractivity contribution in [3.8, 4) is 5.75 Å². The fraction of sp³-hybridized carbons (Fsp3) is 0.250. The number of rotatable bonds is 4. The predicted octanol–water partition coefficient (Wildman–Crippen LogP) is 3.65. The lowest BCUT2D eigenvalue weighted by atomic mass is 10.2. The second-order valence-corrected chi connectivity index (χ2v) is 6.60. The van der Waals surface area contributed by atoms with Gasteiger partial charge in [-0.3, -0.25) is 14.9 Å². The first-order valence-corrected chi connectivity index (χ1v) is 8.10. The van der Waals surface area contributed by atoms with Crippen molar-refractivity contribution < 1.29 is 9.66 Å². The lowest BCUT2D eigenvalue weighted by Crippen LogP contribution is -2.16. The molecule has 0 fully saturated rings. The molecular weight excluding hydrogens is 330 g/mol. The number of thiophene rings is 1. The minimum Gasteiger partial charge on any atom is -0.476 e. The van der Waals surface area contributed by atoms with E-state index in [-0.39, 0.29) is 17.0 Å². The molecule has 0 bridgehead atoms. The molecule has 124 valence electrons. The number of aryl methyl sites for hydroxylation is 2. The molecule has 1 aromatic carbocycles. The van der Waals surface area contributed by atoms with Crippen LogP contribution in [0.25, 0.3) is 10.2 Å². The Morgan fingerprint density at radius 1 is 1.33 bits per heavy atom. The van der Waals surface area contributed by atoms with E-state index >= 15 is 0 Å². The number of ether oxygens (including phenoxy) is 1. The summed E-state index contributed by atoms with van der Waals surface area (Å²) in [5.41, 5.74) is 0.563. The second-order valence-electron chi connectivity index (χ2n) is 5.40. The molecule has 0 saturated carbocycles. The number of nitrogens with zero attached hydrogens (tertiary/aromatic N) is 2. The third-order valence-electron chi connectivity index (χ3n) is 3.81. The second kappa shape index (κ2) is 6.04. The minimum atomic E-state index is -0.633. The number of fused-ring (bicyclic) bond motifs is 1. The van der Waals surface area contributed by atoms with Gasteiger partial charge >= 0.3 is 5.69 Å². The molecule has 7 nitrogen and oxygen atoms in total. The van der Waals surface area contributed by atoms with Crippen molar-refractivity contribution in [2.45, 2.75) is 26.9 Å². The third kappa shape index (κ3) is 2.76. The maximum absolute atomic E-state index is 12.3. The summed E-state index contributed by atoms with van der Waals surface area (Å²) in [6.45, 7) is 5.51. The monoisotopic (exact) mass is 345 g/mol. The summed E-state index contributed by atoms with van der Waals surface area (Å²) in [5, 5.41) is 11.6. The van der Waals surface area contributed by atoms with E-state index in [0.29, 0.717) is 16.0 Å². The summed E-state index contributed by atoms with van der Waals surface area (Å²) in [7, 11) is 0. The Hall–Kier alpha value is -2.74. The maximum Gasteiger partial charge on any atom is 0.310 e. The van der Waals surface area contributed by atoms with Crippen LogP contribution in [0.2, 0.25) is 0 Å². The van der Waals surface area contributed by atoms with Gasteiger partial charge in [0, 0.05) is 10.9 Å². The van der Waals surface area contributed by atoms with E-state index in [0.717, 1.165) is 10.4 Å². The molecule has 2 heterocycles. The summed E-state index contributed by atoms with van der Waals surface area (Å²) in [4.78, 5) is 31.7. The molecule has 0 saturated heterocycles. The van der Waals surface area contributed by atoms with Gasteiger partial charge in [-0.05, 0) is 32.4 Å². The molecule has 3 aromatic rings. The molecule has 0 aliphatic rings. The summed E-state index contributed by atoms with van der Waals surface area (Å²) >= 11 is 1.44. The van der Waals surface area contributed by atoms with Crippen molar-refractivity contribution in [3.63, 3.8) is 0 Å². The number of nitro benzene ring substituents is 1. The van der Waals surface area contributed by atoms with Crippen LogP contribution in [-0.4, -0.2) is 14.9 Å². The van der Waals surface area contributed by atoms with Crippen LogP contribution in [0.4, 0.5) is 5.69 Å². The van der Waals surface area contributed by atoms with Gasteiger partial charge in [-0.25, -0.2) is 4.98 Å². The Labute approximate surface area is 141 Å². The summed E-state index contributed by atoms with van der Waals surface area (Å²) in [6, 6.07) is 6.11. The number of nitro groups is 1. The van der Waals surface area contributed by atoms with Crippen molar-refractivity contribution in [3.05, 3.63) is 61.0 Å². The quantitative estimate of drug-likeness (QED) is 0.575. The number of nitrogens with one attached hydrogen (secondary N) is 1. The topological polar surface area (TPSA) is 98.1 Å². The molecule has 0 aliphatic carbocycles. The minimum absolute atomic E-state index is 0.129. The molecule has 2 aromatic heterocycles. The number of aromatic nitrogens is 2. The molecule has 0 amide bonds. The van der Waals surface area contributed by atoms with Crippen molar-refractivity contribution in [2.24, 2.45) is 0 Å². The fourth-order valence-corrected chi connectivity index (χ4v) is 3.45. The first kappa shape index (κ1) is 16.1. The van der Waals surface area contributed by atoms with E-state index in [1.165, 1.54) is 23.5 Å². The van der Waals surface area contributed by atoms with Gasteiger partial charge in [-0.15, -0.1) is 11.3 Å². The van der Waals surface area contributed by atoms with E-state index in [1.54, 1.807) is 19.1 Å². The van der Waals surface area contributed by atoms with Gasteiger partial charge in [0.2, 0.25) is 0 Å². The Morgan fingerprint density at radius 3 is 2.75 bits per heavy atom. The number of hydrogen-bond donors (Lipinski definition) is 1. The average Bonchev–Trinajstić information content (AvgIpc) is 2.82. The van der Waals surface area contributed by atoms with Crippen LogP contribution >= 0.6 is 11.3 Å². The van der Waals surface area contributed by atoms with Gasteiger partial charge in [-0.1, -0.05) is 12.1 Å². The van der Waals surface area contributed by atoms with Crippen molar-refractivity contribution >= 4 is 27.2 Å². The van der Waals surface area contributed by atoms with Crippen LogP contribution in [0, 0.1) is 24.0 Å². The zero-order valence-electron chi connectivity index (χ0n) is 13.3. The maximum atomic E-state index is 12.3. The smallest absolute Gasteiger partial charge is 0.310 e. The van der Waals surface area contributed by atoms with Gasteiger partial charge in [0.1, 0.15) is 4.83 Å². The molecule has 1 atom stereocenters. The summed E-state index contributed by atoms with van der Waals surface area (Å²) in [5.74, 6) is 0.475. The highest BCUT2D eigenvalue weighted by molar-refractivity contribution is 7.18. The molecule has 0 spiro atoms. The number of hydrogen-bond acceptors (Lipinski definition) is 6. The molecule has 0 aliphatic heterocycles. The van der Waals surface area contributed by atoms with Crippen molar-refractivity contribution in [1.82, 2.24) is 9.97 Å². The van der Waals surface area contributed by atoms with Crippen molar-refractivity contribution in [1.29, 1.82) is 0 Å². The fourth-order valence-electron chi connectivity index (χ4n) is 2.42. The Kier molecular flexibility index (Phi) is 4.06. The molecule has 0 unspecified atom stereocenters. The van der Waals surface area contributed by atoms with Gasteiger partial charge < -0.3 is 9.72 Å². The molecule has 8 heteroatoms. The van der Waals surface area contributed by atoms with Crippen molar-refractivity contribution in [2.75, 3.05) is 0 Å². The molecule has 24 heavy (non-hydrogen) atoms. The highest BCUT2D eigenvalue weighted by Gasteiger charge is 2.20. The normalized spacial score (nSPS) is 12.3. The Bertz CT molecular complexity index is 993. The lowest BCUT2D eigenvalue weighted by molar-refractivity contribution is -0.386.